The largest absolute Gasteiger partial charge is 0.372 e. The summed E-state index contributed by atoms with van der Waals surface area (Å²) in [6.07, 6.45) is 0. The van der Waals surface area contributed by atoms with Gasteiger partial charge in [-0.15, -0.1) is 0 Å². The maximum Gasteiger partial charge on any atom is 0.227 e. The summed E-state index contributed by atoms with van der Waals surface area (Å²) in [5.74, 6) is 1.62. The summed E-state index contributed by atoms with van der Waals surface area (Å²) >= 11 is 2.24. The van der Waals surface area contributed by atoms with Crippen LogP contribution in [0.15, 0.2) is 0 Å². The minimum absolute atomic E-state index is 0.738. The van der Waals surface area contributed by atoms with E-state index < -0.39 is 0 Å². The molecule has 1 aromatic rings. The van der Waals surface area contributed by atoms with Crippen LogP contribution < -0.4 is 10.2 Å². The first-order chi connectivity index (χ1) is 6.06. The van der Waals surface area contributed by atoms with E-state index in [9.17, 15) is 0 Å². The number of anilines is 2. The van der Waals surface area contributed by atoms with E-state index in [0.717, 1.165) is 21.0 Å². The fourth-order valence-corrected chi connectivity index (χ4v) is 1.42. The van der Waals surface area contributed by atoms with E-state index in [-0.39, 0.29) is 0 Å². The number of hydrogen-bond acceptors (Lipinski definition) is 4. The van der Waals surface area contributed by atoms with Gasteiger partial charge in [0.1, 0.15) is 5.82 Å². The molecule has 0 aliphatic rings. The Morgan fingerprint density at radius 2 is 1.92 bits per heavy atom. The number of halogens is 1. The summed E-state index contributed by atoms with van der Waals surface area (Å²) in [4.78, 5) is 10.6. The third-order valence-electron chi connectivity index (χ3n) is 1.64. The van der Waals surface area contributed by atoms with Gasteiger partial charge in [0, 0.05) is 21.1 Å². The van der Waals surface area contributed by atoms with Gasteiger partial charge in [-0.2, -0.15) is 4.98 Å². The van der Waals surface area contributed by atoms with Crippen LogP contribution in [0.3, 0.4) is 0 Å². The van der Waals surface area contributed by atoms with E-state index >= 15 is 0 Å². The Morgan fingerprint density at radius 3 is 2.38 bits per heavy atom. The highest BCUT2D eigenvalue weighted by Crippen LogP contribution is 2.20. The van der Waals surface area contributed by atoms with Crippen LogP contribution in [0, 0.1) is 10.5 Å². The molecule has 1 N–H and O–H groups in total. The number of aryl methyl sites for hydroxylation is 1. The summed E-state index contributed by atoms with van der Waals surface area (Å²) in [6.45, 7) is 1.98. The van der Waals surface area contributed by atoms with Gasteiger partial charge in [-0.05, 0) is 29.5 Å². The van der Waals surface area contributed by atoms with Crippen molar-refractivity contribution < 1.29 is 0 Å². The molecule has 0 aromatic carbocycles. The third kappa shape index (κ3) is 2.20. The number of aromatic nitrogens is 2. The monoisotopic (exact) mass is 292 g/mol. The second-order valence-electron chi connectivity index (χ2n) is 2.92. The highest BCUT2D eigenvalue weighted by Gasteiger charge is 2.08. The molecule has 0 saturated heterocycles. The first kappa shape index (κ1) is 10.5. The minimum Gasteiger partial charge on any atom is -0.372 e. The van der Waals surface area contributed by atoms with E-state index in [4.69, 9.17) is 0 Å². The molecule has 1 aromatic heterocycles. The molecule has 13 heavy (non-hydrogen) atoms. The van der Waals surface area contributed by atoms with Gasteiger partial charge < -0.3 is 10.2 Å². The smallest absolute Gasteiger partial charge is 0.227 e. The molecule has 0 aliphatic heterocycles. The summed E-state index contributed by atoms with van der Waals surface area (Å²) in [5.41, 5.74) is 1.00. The second-order valence-corrected chi connectivity index (χ2v) is 3.99. The molecule has 5 heteroatoms. The molecule has 0 aliphatic carbocycles. The zero-order valence-corrected chi connectivity index (χ0v) is 10.4. The number of rotatable bonds is 2. The highest BCUT2D eigenvalue weighted by molar-refractivity contribution is 14.1. The Hall–Kier alpha value is -0.590. The average molecular weight is 292 g/mol. The van der Waals surface area contributed by atoms with Crippen molar-refractivity contribution in [3.05, 3.63) is 9.26 Å². The van der Waals surface area contributed by atoms with Gasteiger partial charge in [0.15, 0.2) is 0 Å². The van der Waals surface area contributed by atoms with Crippen molar-refractivity contribution in [2.45, 2.75) is 6.92 Å². The van der Waals surface area contributed by atoms with Gasteiger partial charge >= 0.3 is 0 Å². The van der Waals surface area contributed by atoms with E-state index in [0.29, 0.717) is 0 Å². The van der Waals surface area contributed by atoms with E-state index in [1.54, 1.807) is 0 Å². The first-order valence-corrected chi connectivity index (χ1v) is 5.03. The molecule has 0 spiro atoms. The van der Waals surface area contributed by atoms with Gasteiger partial charge in [0.25, 0.3) is 0 Å². The molecular weight excluding hydrogens is 279 g/mol. The Balaban J connectivity index is 3.22. The van der Waals surface area contributed by atoms with Crippen LogP contribution in [0.4, 0.5) is 11.8 Å². The predicted molar refractivity (Wildman–Crippen MR) is 63.4 cm³/mol. The molecule has 0 radical (unpaired) electrons. The van der Waals surface area contributed by atoms with Crippen LogP contribution in [0.2, 0.25) is 0 Å². The van der Waals surface area contributed by atoms with Crippen LogP contribution >= 0.6 is 22.6 Å². The molecule has 0 atom stereocenters. The fraction of sp³-hybridized carbons (Fsp3) is 0.500. The Morgan fingerprint density at radius 1 is 1.31 bits per heavy atom. The molecule has 1 rings (SSSR count). The van der Waals surface area contributed by atoms with E-state index in [1.807, 2.05) is 33.0 Å². The topological polar surface area (TPSA) is 41.1 Å². The van der Waals surface area contributed by atoms with Crippen LogP contribution in [0.1, 0.15) is 5.69 Å². The lowest BCUT2D eigenvalue weighted by Crippen LogP contribution is -2.15. The molecule has 72 valence electrons. The van der Waals surface area contributed by atoms with Gasteiger partial charge in [0.2, 0.25) is 5.95 Å². The normalized spacial score (nSPS) is 9.92. The zero-order chi connectivity index (χ0) is 10.0. The van der Waals surface area contributed by atoms with E-state index in [2.05, 4.69) is 37.9 Å². The van der Waals surface area contributed by atoms with Crippen molar-refractivity contribution in [1.29, 1.82) is 0 Å². The number of nitrogens with zero attached hydrogens (tertiary/aromatic N) is 3. The molecule has 1 heterocycles. The molecular formula is C8H13IN4. The van der Waals surface area contributed by atoms with Crippen molar-refractivity contribution in [3.63, 3.8) is 0 Å². The fourth-order valence-electron chi connectivity index (χ4n) is 0.910. The van der Waals surface area contributed by atoms with Crippen LogP contribution in [-0.2, 0) is 0 Å². The predicted octanol–water partition coefficient (Wildman–Crippen LogP) is 1.50. The lowest BCUT2D eigenvalue weighted by atomic mass is 10.4. The lowest BCUT2D eigenvalue weighted by Gasteiger charge is -2.13. The Kier molecular flexibility index (Phi) is 3.29. The molecule has 4 nitrogen and oxygen atoms in total. The van der Waals surface area contributed by atoms with Crippen LogP contribution in [-0.4, -0.2) is 31.1 Å². The summed E-state index contributed by atoms with van der Waals surface area (Å²) < 4.78 is 1.07. The van der Waals surface area contributed by atoms with Crippen molar-refractivity contribution in [3.8, 4) is 0 Å². The van der Waals surface area contributed by atoms with Crippen molar-refractivity contribution >= 4 is 34.4 Å². The average Bonchev–Trinajstić information content (AvgIpc) is 2.09. The summed E-state index contributed by atoms with van der Waals surface area (Å²) in [7, 11) is 5.73. The maximum atomic E-state index is 4.35. The van der Waals surface area contributed by atoms with E-state index in [1.165, 1.54) is 0 Å². The highest BCUT2D eigenvalue weighted by atomic mass is 127. The van der Waals surface area contributed by atoms with Crippen molar-refractivity contribution in [2.24, 2.45) is 0 Å². The third-order valence-corrected chi connectivity index (χ3v) is 2.93. The maximum absolute atomic E-state index is 4.35. The van der Waals surface area contributed by atoms with Gasteiger partial charge in [-0.25, -0.2) is 4.98 Å². The van der Waals surface area contributed by atoms with Gasteiger partial charge in [-0.1, -0.05) is 0 Å². The van der Waals surface area contributed by atoms with Crippen LogP contribution in [0.25, 0.3) is 0 Å². The standard InChI is InChI=1S/C8H13IN4/c1-5-6(9)7(10-2)12-8(11-5)13(3)4/h1-4H3,(H,10,11,12). The van der Waals surface area contributed by atoms with Gasteiger partial charge in [-0.3, -0.25) is 0 Å². The number of nitrogens with one attached hydrogen (secondary N) is 1. The van der Waals surface area contributed by atoms with Crippen molar-refractivity contribution in [1.82, 2.24) is 9.97 Å². The number of hydrogen-bond donors (Lipinski definition) is 1. The summed E-state index contributed by atoms with van der Waals surface area (Å²) in [5, 5.41) is 3.05. The quantitative estimate of drug-likeness (QED) is 0.839. The lowest BCUT2D eigenvalue weighted by molar-refractivity contribution is 0.970. The minimum atomic E-state index is 0.738. The molecule has 0 unspecified atom stereocenters. The molecule has 0 bridgehead atoms. The van der Waals surface area contributed by atoms with Crippen molar-refractivity contribution in [2.75, 3.05) is 31.4 Å². The molecule has 0 fully saturated rings. The first-order valence-electron chi connectivity index (χ1n) is 3.95. The Labute approximate surface area is 91.9 Å². The molecule has 0 amide bonds. The van der Waals surface area contributed by atoms with Gasteiger partial charge in [0.05, 0.1) is 9.26 Å². The SMILES string of the molecule is CNc1nc(N(C)C)nc(C)c1I. The second kappa shape index (κ2) is 4.08. The summed E-state index contributed by atoms with van der Waals surface area (Å²) in [6, 6.07) is 0. The molecule has 0 saturated carbocycles. The Bertz CT molecular complexity index is 311. The zero-order valence-electron chi connectivity index (χ0n) is 8.22. The van der Waals surface area contributed by atoms with Crippen LogP contribution in [0.5, 0.6) is 0 Å².